The summed E-state index contributed by atoms with van der Waals surface area (Å²) in [6.07, 6.45) is -3.32. The molecule has 0 aromatic heterocycles. The van der Waals surface area contributed by atoms with Crippen molar-refractivity contribution in [1.82, 2.24) is 5.32 Å². The Kier molecular flexibility index (Phi) is 3.59. The first-order chi connectivity index (χ1) is 10.0. The molecular formula is C16H15F3N2. The Labute approximate surface area is 121 Å². The van der Waals surface area contributed by atoms with Gasteiger partial charge in [-0.3, -0.25) is 0 Å². The van der Waals surface area contributed by atoms with Crippen LogP contribution in [0.3, 0.4) is 0 Å². The highest BCUT2D eigenvalue weighted by Gasteiger charge is 2.29. The van der Waals surface area contributed by atoms with Crippen LogP contribution in [0.5, 0.6) is 0 Å². The number of rotatable bonds is 2. The van der Waals surface area contributed by atoms with Crippen LogP contribution in [0.1, 0.15) is 16.7 Å². The maximum absolute atomic E-state index is 12.5. The zero-order valence-corrected chi connectivity index (χ0v) is 11.3. The minimum atomic E-state index is -4.29. The number of anilines is 2. The first-order valence-corrected chi connectivity index (χ1v) is 6.79. The molecule has 1 aliphatic rings. The SMILES string of the molecule is FC(F)(F)c1ccc(Nc2ccc3c(c2)CCNC3)cc1. The van der Waals surface area contributed by atoms with E-state index in [2.05, 4.69) is 16.7 Å². The van der Waals surface area contributed by atoms with Crippen LogP contribution < -0.4 is 10.6 Å². The molecule has 5 heteroatoms. The summed E-state index contributed by atoms with van der Waals surface area (Å²) in [5.74, 6) is 0. The van der Waals surface area contributed by atoms with Crippen molar-refractivity contribution in [3.63, 3.8) is 0 Å². The van der Waals surface area contributed by atoms with E-state index in [9.17, 15) is 13.2 Å². The molecule has 2 aromatic carbocycles. The molecule has 0 atom stereocenters. The van der Waals surface area contributed by atoms with E-state index in [4.69, 9.17) is 0 Å². The van der Waals surface area contributed by atoms with Crippen molar-refractivity contribution in [2.24, 2.45) is 0 Å². The fourth-order valence-electron chi connectivity index (χ4n) is 2.46. The summed E-state index contributed by atoms with van der Waals surface area (Å²) in [4.78, 5) is 0. The van der Waals surface area contributed by atoms with Crippen molar-refractivity contribution in [1.29, 1.82) is 0 Å². The molecule has 0 fully saturated rings. The summed E-state index contributed by atoms with van der Waals surface area (Å²) < 4.78 is 37.5. The first-order valence-electron chi connectivity index (χ1n) is 6.79. The second-order valence-corrected chi connectivity index (χ2v) is 5.11. The number of hydrogen-bond acceptors (Lipinski definition) is 2. The molecule has 0 bridgehead atoms. The van der Waals surface area contributed by atoms with Gasteiger partial charge in [-0.25, -0.2) is 0 Å². The molecule has 1 heterocycles. The van der Waals surface area contributed by atoms with E-state index in [1.807, 2.05) is 12.1 Å². The van der Waals surface area contributed by atoms with Gasteiger partial charge in [-0.2, -0.15) is 13.2 Å². The lowest BCUT2D eigenvalue weighted by Crippen LogP contribution is -2.23. The monoisotopic (exact) mass is 292 g/mol. The quantitative estimate of drug-likeness (QED) is 0.871. The topological polar surface area (TPSA) is 24.1 Å². The summed E-state index contributed by atoms with van der Waals surface area (Å²) in [6.45, 7) is 1.83. The Hall–Kier alpha value is -2.01. The molecule has 0 amide bonds. The summed E-state index contributed by atoms with van der Waals surface area (Å²) in [5, 5.41) is 6.45. The Balaban J connectivity index is 1.77. The number of alkyl halides is 3. The van der Waals surface area contributed by atoms with Gasteiger partial charge in [0.15, 0.2) is 0 Å². The molecule has 3 rings (SSSR count). The zero-order valence-electron chi connectivity index (χ0n) is 11.3. The third-order valence-corrected chi connectivity index (χ3v) is 3.59. The van der Waals surface area contributed by atoms with Gasteiger partial charge in [-0.05, 0) is 60.5 Å². The van der Waals surface area contributed by atoms with Gasteiger partial charge < -0.3 is 10.6 Å². The van der Waals surface area contributed by atoms with Crippen molar-refractivity contribution < 1.29 is 13.2 Å². The minimum Gasteiger partial charge on any atom is -0.356 e. The van der Waals surface area contributed by atoms with Gasteiger partial charge in [0, 0.05) is 17.9 Å². The van der Waals surface area contributed by atoms with Gasteiger partial charge in [0.05, 0.1) is 5.56 Å². The van der Waals surface area contributed by atoms with E-state index >= 15 is 0 Å². The van der Waals surface area contributed by atoms with E-state index in [-0.39, 0.29) is 0 Å². The molecule has 2 nitrogen and oxygen atoms in total. The number of nitrogens with one attached hydrogen (secondary N) is 2. The lowest BCUT2D eigenvalue weighted by Gasteiger charge is -2.18. The molecule has 2 aromatic rings. The normalized spacial score (nSPS) is 14.6. The number of fused-ring (bicyclic) bond motifs is 1. The van der Waals surface area contributed by atoms with Crippen molar-refractivity contribution in [2.75, 3.05) is 11.9 Å². The predicted molar refractivity (Wildman–Crippen MR) is 76.6 cm³/mol. The number of benzene rings is 2. The fraction of sp³-hybridized carbons (Fsp3) is 0.250. The highest BCUT2D eigenvalue weighted by molar-refractivity contribution is 5.61. The molecule has 0 aliphatic carbocycles. The van der Waals surface area contributed by atoms with Crippen molar-refractivity contribution in [3.05, 3.63) is 59.2 Å². The maximum Gasteiger partial charge on any atom is 0.416 e. The third-order valence-electron chi connectivity index (χ3n) is 3.59. The minimum absolute atomic E-state index is 0.635. The Morgan fingerprint density at radius 3 is 2.33 bits per heavy atom. The Bertz CT molecular complexity index is 633. The van der Waals surface area contributed by atoms with Gasteiger partial charge in [0.1, 0.15) is 0 Å². The Morgan fingerprint density at radius 2 is 1.62 bits per heavy atom. The van der Waals surface area contributed by atoms with Gasteiger partial charge in [-0.1, -0.05) is 6.07 Å². The van der Waals surface area contributed by atoms with E-state index < -0.39 is 11.7 Å². The second-order valence-electron chi connectivity index (χ2n) is 5.11. The second kappa shape index (κ2) is 5.41. The average molecular weight is 292 g/mol. The standard InChI is InChI=1S/C16H15F3N2/c17-16(18,19)13-2-5-14(6-3-13)21-15-4-1-12-10-20-8-7-11(12)9-15/h1-6,9,20-21H,7-8,10H2. The van der Waals surface area contributed by atoms with E-state index in [0.29, 0.717) is 5.69 Å². The van der Waals surface area contributed by atoms with Gasteiger partial charge >= 0.3 is 6.18 Å². The van der Waals surface area contributed by atoms with Crippen LogP contribution in [0.4, 0.5) is 24.5 Å². The predicted octanol–water partition coefficient (Wildman–Crippen LogP) is 4.09. The van der Waals surface area contributed by atoms with Gasteiger partial charge in [0.2, 0.25) is 0 Å². The highest BCUT2D eigenvalue weighted by atomic mass is 19.4. The van der Waals surface area contributed by atoms with E-state index in [1.165, 1.54) is 23.3 Å². The van der Waals surface area contributed by atoms with Crippen LogP contribution in [-0.2, 0) is 19.1 Å². The molecule has 0 radical (unpaired) electrons. The molecule has 0 saturated heterocycles. The third kappa shape index (κ3) is 3.19. The molecule has 2 N–H and O–H groups in total. The van der Waals surface area contributed by atoms with Crippen LogP contribution in [0, 0.1) is 0 Å². The van der Waals surface area contributed by atoms with E-state index in [1.54, 1.807) is 0 Å². The molecule has 21 heavy (non-hydrogen) atoms. The smallest absolute Gasteiger partial charge is 0.356 e. The van der Waals surface area contributed by atoms with Crippen LogP contribution in [0.15, 0.2) is 42.5 Å². The number of halogens is 3. The summed E-state index contributed by atoms with van der Waals surface area (Å²) in [5.41, 5.74) is 3.47. The molecule has 1 aliphatic heterocycles. The van der Waals surface area contributed by atoms with Crippen LogP contribution >= 0.6 is 0 Å². The molecule has 110 valence electrons. The molecule has 0 saturated carbocycles. The average Bonchev–Trinajstić information content (AvgIpc) is 2.47. The maximum atomic E-state index is 12.5. The lowest BCUT2D eigenvalue weighted by molar-refractivity contribution is -0.137. The zero-order chi connectivity index (χ0) is 14.9. The largest absolute Gasteiger partial charge is 0.416 e. The first kappa shape index (κ1) is 13.9. The van der Waals surface area contributed by atoms with Crippen molar-refractivity contribution in [3.8, 4) is 0 Å². The summed E-state index contributed by atoms with van der Waals surface area (Å²) >= 11 is 0. The summed E-state index contributed by atoms with van der Waals surface area (Å²) in [7, 11) is 0. The molecule has 0 spiro atoms. The highest BCUT2D eigenvalue weighted by Crippen LogP contribution is 2.30. The molecule has 0 unspecified atom stereocenters. The van der Waals surface area contributed by atoms with Crippen LogP contribution in [0.2, 0.25) is 0 Å². The number of hydrogen-bond donors (Lipinski definition) is 2. The van der Waals surface area contributed by atoms with Crippen molar-refractivity contribution >= 4 is 11.4 Å². The summed E-state index contributed by atoms with van der Waals surface area (Å²) in [6, 6.07) is 11.1. The Morgan fingerprint density at radius 1 is 0.905 bits per heavy atom. The van der Waals surface area contributed by atoms with E-state index in [0.717, 1.165) is 37.3 Å². The van der Waals surface area contributed by atoms with Crippen molar-refractivity contribution in [2.45, 2.75) is 19.1 Å². The fourth-order valence-corrected chi connectivity index (χ4v) is 2.46. The van der Waals surface area contributed by atoms with Gasteiger partial charge in [0.25, 0.3) is 0 Å². The lowest BCUT2D eigenvalue weighted by atomic mass is 10.0. The molecular weight excluding hydrogens is 277 g/mol. The van der Waals surface area contributed by atoms with Crippen LogP contribution in [0.25, 0.3) is 0 Å². The van der Waals surface area contributed by atoms with Crippen LogP contribution in [-0.4, -0.2) is 6.54 Å². The van der Waals surface area contributed by atoms with Gasteiger partial charge in [-0.15, -0.1) is 0 Å².